The highest BCUT2D eigenvalue weighted by molar-refractivity contribution is 5.80. The minimum absolute atomic E-state index is 0.0318. The van der Waals surface area contributed by atoms with Crippen molar-refractivity contribution in [2.75, 3.05) is 27.2 Å². The van der Waals surface area contributed by atoms with Crippen LogP contribution in [0.4, 0.5) is 8.78 Å². The number of nitrogens with two attached hydrogens (primary N) is 1. The monoisotopic (exact) mass is 210 g/mol. The van der Waals surface area contributed by atoms with E-state index in [0.29, 0.717) is 0 Å². The molecule has 4 nitrogen and oxygen atoms in total. The van der Waals surface area contributed by atoms with E-state index in [1.54, 1.807) is 0 Å². The molecular formula is C8H16F2N2O2. The van der Waals surface area contributed by atoms with Gasteiger partial charge in [-0.25, -0.2) is 8.78 Å². The van der Waals surface area contributed by atoms with E-state index in [0.717, 1.165) is 0 Å². The van der Waals surface area contributed by atoms with Crippen LogP contribution >= 0.6 is 0 Å². The van der Waals surface area contributed by atoms with Gasteiger partial charge in [-0.05, 0) is 14.0 Å². The Labute approximate surface area is 82.0 Å². The topological polar surface area (TPSA) is 55.6 Å². The van der Waals surface area contributed by atoms with Gasteiger partial charge in [-0.2, -0.15) is 0 Å². The molecule has 84 valence electrons. The van der Waals surface area contributed by atoms with E-state index >= 15 is 0 Å². The Morgan fingerprint density at radius 1 is 1.64 bits per heavy atom. The molecule has 0 saturated carbocycles. The first kappa shape index (κ1) is 13.2. The molecule has 0 amide bonds. The van der Waals surface area contributed by atoms with Gasteiger partial charge >= 0.3 is 5.97 Å². The molecule has 2 N–H and O–H groups in total. The van der Waals surface area contributed by atoms with Crippen molar-refractivity contribution in [3.05, 3.63) is 0 Å². The first-order chi connectivity index (χ1) is 6.29. The second-order valence-corrected chi connectivity index (χ2v) is 3.50. The first-order valence-electron chi connectivity index (χ1n) is 4.13. The molecule has 0 radical (unpaired) electrons. The van der Waals surface area contributed by atoms with E-state index in [1.807, 2.05) is 0 Å². The molecule has 0 aliphatic heterocycles. The maximum Gasteiger partial charge on any atom is 0.326 e. The maximum atomic E-state index is 11.9. The summed E-state index contributed by atoms with van der Waals surface area (Å²) in [6, 6.07) is 0. The highest BCUT2D eigenvalue weighted by atomic mass is 19.3. The molecular weight excluding hydrogens is 194 g/mol. The van der Waals surface area contributed by atoms with Crippen LogP contribution in [0.15, 0.2) is 0 Å². The molecule has 0 aliphatic carbocycles. The molecule has 1 unspecified atom stereocenters. The number of carbonyl (C=O) groups is 1. The van der Waals surface area contributed by atoms with Crippen molar-refractivity contribution >= 4 is 5.97 Å². The zero-order valence-electron chi connectivity index (χ0n) is 8.59. The molecule has 0 saturated heterocycles. The highest BCUT2D eigenvalue weighted by Crippen LogP contribution is 2.05. The SMILES string of the molecule is COC(=O)C(C)(N)CN(C)CC(F)F. The Hall–Kier alpha value is -0.750. The summed E-state index contributed by atoms with van der Waals surface area (Å²) in [6.45, 7) is 1.06. The lowest BCUT2D eigenvalue weighted by molar-refractivity contribution is -0.147. The molecule has 14 heavy (non-hydrogen) atoms. The predicted molar refractivity (Wildman–Crippen MR) is 48.1 cm³/mol. The summed E-state index contributed by atoms with van der Waals surface area (Å²) in [6.07, 6.45) is -2.44. The van der Waals surface area contributed by atoms with Crippen LogP contribution in [0.25, 0.3) is 0 Å². The van der Waals surface area contributed by atoms with Crippen LogP contribution in [-0.4, -0.2) is 50.1 Å². The number of methoxy groups -OCH3 is 1. The van der Waals surface area contributed by atoms with Gasteiger partial charge in [0.05, 0.1) is 13.7 Å². The molecule has 0 aromatic heterocycles. The fraction of sp³-hybridized carbons (Fsp3) is 0.875. The van der Waals surface area contributed by atoms with Gasteiger partial charge in [0.25, 0.3) is 6.43 Å². The zero-order chi connectivity index (χ0) is 11.4. The van der Waals surface area contributed by atoms with E-state index < -0.39 is 24.5 Å². The lowest BCUT2D eigenvalue weighted by Gasteiger charge is -2.27. The number of halogens is 2. The van der Waals surface area contributed by atoms with E-state index in [4.69, 9.17) is 5.73 Å². The van der Waals surface area contributed by atoms with Gasteiger partial charge in [0.1, 0.15) is 5.54 Å². The summed E-state index contributed by atoms with van der Waals surface area (Å²) in [5.41, 5.74) is 4.33. The molecule has 0 spiro atoms. The third-order valence-electron chi connectivity index (χ3n) is 1.70. The number of esters is 1. The fourth-order valence-corrected chi connectivity index (χ4v) is 1.16. The summed E-state index contributed by atoms with van der Waals surface area (Å²) >= 11 is 0. The van der Waals surface area contributed by atoms with E-state index in [2.05, 4.69) is 4.74 Å². The highest BCUT2D eigenvalue weighted by Gasteiger charge is 2.31. The Balaban J connectivity index is 4.14. The van der Waals surface area contributed by atoms with Gasteiger partial charge in [0.15, 0.2) is 0 Å². The molecule has 0 aromatic rings. The molecule has 1 atom stereocenters. The number of nitrogens with zero attached hydrogens (tertiary/aromatic N) is 1. The number of alkyl halides is 2. The van der Waals surface area contributed by atoms with E-state index in [1.165, 1.54) is 26.0 Å². The predicted octanol–water partition coefficient (Wildman–Crippen LogP) is 0.0737. The summed E-state index contributed by atoms with van der Waals surface area (Å²) in [5, 5.41) is 0. The van der Waals surface area contributed by atoms with Crippen LogP contribution in [0.5, 0.6) is 0 Å². The summed E-state index contributed by atoms with van der Waals surface area (Å²) in [4.78, 5) is 12.4. The summed E-state index contributed by atoms with van der Waals surface area (Å²) < 4.78 is 28.3. The number of likely N-dealkylation sites (N-methyl/N-ethyl adjacent to an activating group) is 1. The fourth-order valence-electron chi connectivity index (χ4n) is 1.16. The number of carbonyl (C=O) groups excluding carboxylic acids is 1. The van der Waals surface area contributed by atoms with Crippen molar-refractivity contribution < 1.29 is 18.3 Å². The van der Waals surface area contributed by atoms with Crippen molar-refractivity contribution in [1.82, 2.24) is 4.90 Å². The van der Waals surface area contributed by atoms with Gasteiger partial charge in [-0.15, -0.1) is 0 Å². The van der Waals surface area contributed by atoms with Crippen LogP contribution in [0.2, 0.25) is 0 Å². The van der Waals surface area contributed by atoms with Gasteiger partial charge in [-0.3, -0.25) is 9.69 Å². The van der Waals surface area contributed by atoms with Crippen LogP contribution in [0.3, 0.4) is 0 Å². The third kappa shape index (κ3) is 4.48. The Kier molecular flexibility index (Phi) is 4.93. The number of hydrogen-bond acceptors (Lipinski definition) is 4. The average Bonchev–Trinajstić information content (AvgIpc) is 1.99. The standard InChI is InChI=1S/C8H16F2N2O2/c1-8(11,7(13)14-3)5-12(2)4-6(9)10/h6H,4-5,11H2,1-3H3. The summed E-state index contributed by atoms with van der Waals surface area (Å²) in [5.74, 6) is -0.612. The van der Waals surface area contributed by atoms with E-state index in [9.17, 15) is 13.6 Å². The maximum absolute atomic E-state index is 11.9. The number of rotatable bonds is 5. The second-order valence-electron chi connectivity index (χ2n) is 3.50. The van der Waals surface area contributed by atoms with Crippen LogP contribution in [0.1, 0.15) is 6.92 Å². The number of ether oxygens (including phenoxy) is 1. The molecule has 0 aromatic carbocycles. The van der Waals surface area contributed by atoms with Crippen molar-refractivity contribution in [3.63, 3.8) is 0 Å². The van der Waals surface area contributed by atoms with Gasteiger partial charge in [0, 0.05) is 6.54 Å². The molecule has 0 bridgehead atoms. The van der Waals surface area contributed by atoms with Gasteiger partial charge in [0.2, 0.25) is 0 Å². The minimum Gasteiger partial charge on any atom is -0.468 e. The molecule has 6 heteroatoms. The van der Waals surface area contributed by atoms with Crippen LogP contribution in [-0.2, 0) is 9.53 Å². The molecule has 0 fully saturated rings. The van der Waals surface area contributed by atoms with Crippen molar-refractivity contribution in [2.45, 2.75) is 18.9 Å². The van der Waals surface area contributed by atoms with Gasteiger partial charge < -0.3 is 10.5 Å². The smallest absolute Gasteiger partial charge is 0.326 e. The lowest BCUT2D eigenvalue weighted by Crippen LogP contribution is -2.54. The van der Waals surface area contributed by atoms with Crippen molar-refractivity contribution in [1.29, 1.82) is 0 Å². The average molecular weight is 210 g/mol. The zero-order valence-corrected chi connectivity index (χ0v) is 8.59. The Morgan fingerprint density at radius 2 is 2.14 bits per heavy atom. The first-order valence-corrected chi connectivity index (χ1v) is 4.13. The number of hydrogen-bond donors (Lipinski definition) is 1. The second kappa shape index (κ2) is 5.21. The third-order valence-corrected chi connectivity index (χ3v) is 1.70. The Bertz CT molecular complexity index is 198. The molecule has 0 aliphatic rings. The molecule has 0 heterocycles. The van der Waals surface area contributed by atoms with Gasteiger partial charge in [-0.1, -0.05) is 0 Å². The largest absolute Gasteiger partial charge is 0.468 e. The van der Waals surface area contributed by atoms with Crippen LogP contribution in [0, 0.1) is 0 Å². The quantitative estimate of drug-likeness (QED) is 0.653. The van der Waals surface area contributed by atoms with Crippen molar-refractivity contribution in [2.24, 2.45) is 5.73 Å². The van der Waals surface area contributed by atoms with E-state index in [-0.39, 0.29) is 6.54 Å². The van der Waals surface area contributed by atoms with Crippen LogP contribution < -0.4 is 5.73 Å². The Morgan fingerprint density at radius 3 is 2.50 bits per heavy atom. The minimum atomic E-state index is -2.44. The lowest BCUT2D eigenvalue weighted by atomic mass is 10.0. The van der Waals surface area contributed by atoms with Crippen molar-refractivity contribution in [3.8, 4) is 0 Å². The molecule has 0 rings (SSSR count). The normalized spacial score (nSPS) is 15.7. The summed E-state index contributed by atoms with van der Waals surface area (Å²) in [7, 11) is 2.68.